The maximum Gasteiger partial charge on any atom is 0.406 e. The molecule has 2 amide bonds. The number of anilines is 1. The average molecular weight is 394 g/mol. The van der Waals surface area contributed by atoms with Gasteiger partial charge in [0, 0.05) is 18.7 Å². The van der Waals surface area contributed by atoms with Gasteiger partial charge in [0.15, 0.2) is 0 Å². The SMILES string of the molecule is Cc1cccc(N2CC(C(=O)N(Cc3ccco3)CC(F)(F)F)CC2=O)c1C. The fourth-order valence-corrected chi connectivity index (χ4v) is 3.41. The van der Waals surface area contributed by atoms with Gasteiger partial charge in [-0.3, -0.25) is 9.59 Å². The van der Waals surface area contributed by atoms with E-state index in [1.807, 2.05) is 26.0 Å². The predicted molar refractivity (Wildman–Crippen MR) is 96.6 cm³/mol. The number of hydrogen-bond donors (Lipinski definition) is 0. The number of rotatable bonds is 5. The molecule has 1 fully saturated rings. The van der Waals surface area contributed by atoms with Crippen LogP contribution in [0.3, 0.4) is 0 Å². The molecule has 1 aliphatic rings. The second-order valence-electron chi connectivity index (χ2n) is 7.01. The monoisotopic (exact) mass is 394 g/mol. The lowest BCUT2D eigenvalue weighted by molar-refractivity contribution is -0.165. The number of aryl methyl sites for hydroxylation is 1. The Labute approximate surface area is 160 Å². The van der Waals surface area contributed by atoms with Crippen LogP contribution in [0.25, 0.3) is 0 Å². The van der Waals surface area contributed by atoms with Crippen molar-refractivity contribution in [2.45, 2.75) is 33.0 Å². The number of halogens is 3. The third-order valence-electron chi connectivity index (χ3n) is 4.95. The number of carbonyl (C=O) groups excluding carboxylic acids is 2. The van der Waals surface area contributed by atoms with E-state index in [4.69, 9.17) is 4.42 Å². The second kappa shape index (κ2) is 7.69. The van der Waals surface area contributed by atoms with Crippen molar-refractivity contribution in [3.05, 3.63) is 53.5 Å². The molecule has 1 aromatic heterocycles. The summed E-state index contributed by atoms with van der Waals surface area (Å²) in [6, 6.07) is 8.57. The van der Waals surface area contributed by atoms with Gasteiger partial charge >= 0.3 is 6.18 Å². The Balaban J connectivity index is 1.79. The Hall–Kier alpha value is -2.77. The smallest absolute Gasteiger partial charge is 0.406 e. The van der Waals surface area contributed by atoms with Crippen molar-refractivity contribution in [1.82, 2.24) is 4.90 Å². The highest BCUT2D eigenvalue weighted by atomic mass is 19.4. The molecular formula is C20H21F3N2O3. The zero-order chi connectivity index (χ0) is 20.5. The largest absolute Gasteiger partial charge is 0.467 e. The van der Waals surface area contributed by atoms with Crippen molar-refractivity contribution in [1.29, 1.82) is 0 Å². The summed E-state index contributed by atoms with van der Waals surface area (Å²) in [7, 11) is 0. The van der Waals surface area contributed by atoms with Gasteiger partial charge in [-0.1, -0.05) is 12.1 Å². The van der Waals surface area contributed by atoms with Gasteiger partial charge in [0.2, 0.25) is 11.8 Å². The molecule has 0 radical (unpaired) electrons. The Morgan fingerprint density at radius 3 is 2.64 bits per heavy atom. The first-order valence-corrected chi connectivity index (χ1v) is 8.90. The molecule has 1 atom stereocenters. The van der Waals surface area contributed by atoms with Gasteiger partial charge in [-0.15, -0.1) is 0 Å². The standard InChI is InChI=1S/C20H21F3N2O3/c1-13-5-3-7-17(14(13)2)25-10-15(9-18(25)26)19(27)24(12-20(21,22)23)11-16-6-4-8-28-16/h3-8,15H,9-12H2,1-2H3. The number of carbonyl (C=O) groups is 2. The lowest BCUT2D eigenvalue weighted by Gasteiger charge is -2.26. The quantitative estimate of drug-likeness (QED) is 0.774. The molecule has 3 rings (SSSR count). The molecule has 2 aromatic rings. The van der Waals surface area contributed by atoms with E-state index in [0.29, 0.717) is 10.6 Å². The fraction of sp³-hybridized carbons (Fsp3) is 0.400. The number of benzene rings is 1. The summed E-state index contributed by atoms with van der Waals surface area (Å²) >= 11 is 0. The molecule has 0 saturated carbocycles. The molecule has 2 heterocycles. The molecule has 1 aromatic carbocycles. The van der Waals surface area contributed by atoms with Gasteiger partial charge in [-0.05, 0) is 43.2 Å². The van der Waals surface area contributed by atoms with Gasteiger partial charge in [0.05, 0.1) is 18.7 Å². The highest BCUT2D eigenvalue weighted by Gasteiger charge is 2.41. The zero-order valence-corrected chi connectivity index (χ0v) is 15.6. The Morgan fingerprint density at radius 2 is 2.00 bits per heavy atom. The van der Waals surface area contributed by atoms with Crippen LogP contribution in [0.4, 0.5) is 18.9 Å². The van der Waals surface area contributed by atoms with E-state index in [2.05, 4.69) is 0 Å². The van der Waals surface area contributed by atoms with Crippen LogP contribution in [-0.2, 0) is 16.1 Å². The Kier molecular flexibility index (Phi) is 5.49. The van der Waals surface area contributed by atoms with Crippen molar-refractivity contribution in [3.63, 3.8) is 0 Å². The minimum atomic E-state index is -4.54. The lowest BCUT2D eigenvalue weighted by atomic mass is 10.1. The van der Waals surface area contributed by atoms with E-state index in [-0.39, 0.29) is 31.2 Å². The number of nitrogens with zero attached hydrogens (tertiary/aromatic N) is 2. The van der Waals surface area contributed by atoms with E-state index in [9.17, 15) is 22.8 Å². The third kappa shape index (κ3) is 4.37. The van der Waals surface area contributed by atoms with Crippen LogP contribution in [0.1, 0.15) is 23.3 Å². The summed E-state index contributed by atoms with van der Waals surface area (Å²) < 4.78 is 44.1. The molecule has 150 valence electrons. The number of hydrogen-bond acceptors (Lipinski definition) is 3. The maximum absolute atomic E-state index is 13.0. The number of amides is 2. The van der Waals surface area contributed by atoms with Crippen molar-refractivity contribution < 1.29 is 27.2 Å². The molecular weight excluding hydrogens is 373 g/mol. The van der Waals surface area contributed by atoms with E-state index in [1.165, 1.54) is 17.2 Å². The topological polar surface area (TPSA) is 53.8 Å². The van der Waals surface area contributed by atoms with Gasteiger partial charge in [0.25, 0.3) is 0 Å². The first-order chi connectivity index (χ1) is 13.2. The fourth-order valence-electron chi connectivity index (χ4n) is 3.41. The summed E-state index contributed by atoms with van der Waals surface area (Å²) in [5, 5.41) is 0. The molecule has 5 nitrogen and oxygen atoms in total. The Bertz CT molecular complexity index is 862. The highest BCUT2D eigenvalue weighted by molar-refractivity contribution is 6.00. The first-order valence-electron chi connectivity index (χ1n) is 8.90. The average Bonchev–Trinajstić information content (AvgIpc) is 3.25. The molecule has 1 aliphatic heterocycles. The molecule has 28 heavy (non-hydrogen) atoms. The van der Waals surface area contributed by atoms with Crippen LogP contribution in [-0.4, -0.2) is 36.0 Å². The second-order valence-corrected chi connectivity index (χ2v) is 7.01. The van der Waals surface area contributed by atoms with Gasteiger partial charge in [0.1, 0.15) is 12.3 Å². The minimum Gasteiger partial charge on any atom is -0.467 e. The van der Waals surface area contributed by atoms with Crippen LogP contribution in [0, 0.1) is 19.8 Å². The van der Waals surface area contributed by atoms with Crippen molar-refractivity contribution in [2.75, 3.05) is 18.0 Å². The molecule has 0 N–H and O–H groups in total. The van der Waals surface area contributed by atoms with Crippen molar-refractivity contribution in [2.24, 2.45) is 5.92 Å². The summed E-state index contributed by atoms with van der Waals surface area (Å²) in [6.45, 7) is 2.17. The maximum atomic E-state index is 13.0. The predicted octanol–water partition coefficient (Wildman–Crippen LogP) is 3.84. The van der Waals surface area contributed by atoms with Crippen LogP contribution < -0.4 is 4.90 Å². The molecule has 1 saturated heterocycles. The molecule has 0 bridgehead atoms. The lowest BCUT2D eigenvalue weighted by Crippen LogP contribution is -2.42. The highest BCUT2D eigenvalue weighted by Crippen LogP contribution is 2.31. The van der Waals surface area contributed by atoms with E-state index < -0.39 is 24.5 Å². The number of alkyl halides is 3. The van der Waals surface area contributed by atoms with E-state index in [0.717, 1.165) is 11.1 Å². The van der Waals surface area contributed by atoms with E-state index >= 15 is 0 Å². The van der Waals surface area contributed by atoms with Crippen LogP contribution in [0.15, 0.2) is 41.0 Å². The van der Waals surface area contributed by atoms with Crippen molar-refractivity contribution in [3.8, 4) is 0 Å². The Morgan fingerprint density at radius 1 is 1.25 bits per heavy atom. The summed E-state index contributed by atoms with van der Waals surface area (Å²) in [5.41, 5.74) is 2.59. The molecule has 0 aliphatic carbocycles. The van der Waals surface area contributed by atoms with Crippen LogP contribution in [0.5, 0.6) is 0 Å². The zero-order valence-electron chi connectivity index (χ0n) is 15.6. The summed E-state index contributed by atoms with van der Waals surface area (Å²) in [5.74, 6) is -1.54. The van der Waals surface area contributed by atoms with Crippen LogP contribution in [0.2, 0.25) is 0 Å². The van der Waals surface area contributed by atoms with Crippen molar-refractivity contribution >= 4 is 17.5 Å². The summed E-state index contributed by atoms with van der Waals surface area (Å²) in [6.07, 6.45) is -3.32. The first kappa shape index (κ1) is 20.0. The third-order valence-corrected chi connectivity index (χ3v) is 4.95. The molecule has 8 heteroatoms. The van der Waals surface area contributed by atoms with Gasteiger partial charge < -0.3 is 14.2 Å². The summed E-state index contributed by atoms with van der Waals surface area (Å²) in [4.78, 5) is 27.5. The van der Waals surface area contributed by atoms with Crippen LogP contribution >= 0.6 is 0 Å². The van der Waals surface area contributed by atoms with E-state index in [1.54, 1.807) is 12.1 Å². The molecule has 1 unspecified atom stereocenters. The van der Waals surface area contributed by atoms with Gasteiger partial charge in [-0.2, -0.15) is 13.2 Å². The number of furan rings is 1. The van der Waals surface area contributed by atoms with Gasteiger partial charge in [-0.25, -0.2) is 0 Å². The molecule has 0 spiro atoms. The minimum absolute atomic E-state index is 0.0640. The normalized spacial score (nSPS) is 17.2.